The molecule has 0 radical (unpaired) electrons. The van der Waals surface area contributed by atoms with Gasteiger partial charge in [0, 0.05) is 44.2 Å². The summed E-state index contributed by atoms with van der Waals surface area (Å²) in [5, 5.41) is 20.3. The van der Waals surface area contributed by atoms with E-state index in [1.807, 2.05) is 0 Å². The van der Waals surface area contributed by atoms with Gasteiger partial charge in [-0.3, -0.25) is 15.6 Å². The van der Waals surface area contributed by atoms with Gasteiger partial charge in [0.25, 0.3) is 0 Å². The van der Waals surface area contributed by atoms with Crippen LogP contribution in [0.1, 0.15) is 72.1 Å². The summed E-state index contributed by atoms with van der Waals surface area (Å²) in [4.78, 5) is 11.6. The third kappa shape index (κ3) is 4.89. The van der Waals surface area contributed by atoms with Gasteiger partial charge in [0.1, 0.15) is 0 Å². The predicted octanol–water partition coefficient (Wildman–Crippen LogP) is 2.31. The number of nitriles is 1. The maximum Gasteiger partial charge on any atom is 0.217 e. The molecule has 2 saturated carbocycles. The molecule has 5 aliphatic rings. The summed E-state index contributed by atoms with van der Waals surface area (Å²) in [6.07, 6.45) is 9.90. The van der Waals surface area contributed by atoms with Crippen LogP contribution in [0, 0.1) is 52.3 Å². The average molecular weight is 471 g/mol. The fourth-order valence-electron chi connectivity index (χ4n) is 8.48. The van der Waals surface area contributed by atoms with Crippen LogP contribution in [0.5, 0.6) is 0 Å². The Kier molecular flexibility index (Phi) is 7.24. The zero-order valence-corrected chi connectivity index (χ0v) is 21.4. The molecule has 0 bridgehead atoms. The number of hydrogen-bond donors (Lipinski definition) is 5. The number of carbonyl (C=O) groups excluding carboxylic acids is 1. The molecular formula is C27H46N6O. The summed E-state index contributed by atoms with van der Waals surface area (Å²) in [7, 11) is 0. The van der Waals surface area contributed by atoms with Gasteiger partial charge in [-0.25, -0.2) is 0 Å². The normalized spacial score (nSPS) is 45.0. The van der Waals surface area contributed by atoms with Gasteiger partial charge in [0.05, 0.1) is 11.5 Å². The van der Waals surface area contributed by atoms with Crippen molar-refractivity contribution in [2.45, 2.75) is 96.3 Å². The van der Waals surface area contributed by atoms with Crippen LogP contribution in [0.2, 0.25) is 0 Å². The average Bonchev–Trinajstić information content (AvgIpc) is 3.28. The summed E-state index contributed by atoms with van der Waals surface area (Å²) in [6.45, 7) is 8.96. The maximum atomic E-state index is 11.6. The number of hydrazine groups is 1. The van der Waals surface area contributed by atoms with Crippen molar-refractivity contribution in [2.75, 3.05) is 19.6 Å². The fraction of sp³-hybridized carbons (Fsp3) is 0.926. The molecule has 0 spiro atoms. The monoisotopic (exact) mass is 470 g/mol. The van der Waals surface area contributed by atoms with Gasteiger partial charge in [-0.2, -0.15) is 5.26 Å². The molecule has 3 aliphatic heterocycles. The Morgan fingerprint density at radius 3 is 2.41 bits per heavy atom. The van der Waals surface area contributed by atoms with Gasteiger partial charge in [-0.1, -0.05) is 0 Å². The van der Waals surface area contributed by atoms with Gasteiger partial charge in [0.2, 0.25) is 5.91 Å². The highest BCUT2D eigenvalue weighted by Gasteiger charge is 2.52. The van der Waals surface area contributed by atoms with Gasteiger partial charge >= 0.3 is 0 Å². The molecule has 8 unspecified atom stereocenters. The van der Waals surface area contributed by atoms with Crippen LogP contribution in [0.15, 0.2) is 0 Å². The lowest BCUT2D eigenvalue weighted by molar-refractivity contribution is -0.119. The summed E-state index contributed by atoms with van der Waals surface area (Å²) in [5.41, 5.74) is 7.27. The van der Waals surface area contributed by atoms with E-state index >= 15 is 0 Å². The van der Waals surface area contributed by atoms with E-state index < -0.39 is 0 Å². The second-order valence-corrected chi connectivity index (χ2v) is 12.7. The molecule has 34 heavy (non-hydrogen) atoms. The van der Waals surface area contributed by atoms with Gasteiger partial charge in [0.15, 0.2) is 0 Å². The first-order valence-corrected chi connectivity index (χ1v) is 14.0. The second kappa shape index (κ2) is 10.0. The van der Waals surface area contributed by atoms with E-state index in [0.717, 1.165) is 37.9 Å². The van der Waals surface area contributed by atoms with Crippen molar-refractivity contribution < 1.29 is 4.79 Å². The summed E-state index contributed by atoms with van der Waals surface area (Å²) in [6, 6.07) is 4.57. The lowest BCUT2D eigenvalue weighted by atomic mass is 9.60. The number of carbonyl (C=O) groups is 1. The molecule has 0 aromatic heterocycles. The first-order chi connectivity index (χ1) is 16.4. The Morgan fingerprint density at radius 1 is 0.912 bits per heavy atom. The van der Waals surface area contributed by atoms with Gasteiger partial charge < -0.3 is 16.0 Å². The van der Waals surface area contributed by atoms with Crippen LogP contribution >= 0.6 is 0 Å². The van der Waals surface area contributed by atoms with E-state index in [0.29, 0.717) is 41.8 Å². The molecule has 7 heteroatoms. The Bertz CT molecular complexity index is 772. The Labute approximate surface area is 205 Å². The number of fused-ring (bicyclic) bond motifs is 3. The number of rotatable bonds is 4. The van der Waals surface area contributed by atoms with Crippen LogP contribution in [-0.2, 0) is 4.79 Å². The van der Waals surface area contributed by atoms with Crippen molar-refractivity contribution in [3.05, 3.63) is 0 Å². The molecule has 7 nitrogen and oxygen atoms in total. The van der Waals surface area contributed by atoms with Crippen LogP contribution < -0.4 is 26.8 Å². The third-order valence-electron chi connectivity index (χ3n) is 10.4. The van der Waals surface area contributed by atoms with Crippen molar-refractivity contribution in [1.82, 2.24) is 26.8 Å². The number of amides is 1. The van der Waals surface area contributed by atoms with E-state index in [1.165, 1.54) is 44.9 Å². The predicted molar refractivity (Wildman–Crippen MR) is 133 cm³/mol. The molecule has 3 saturated heterocycles. The number of nitrogens with one attached hydrogen (secondary N) is 5. The third-order valence-corrected chi connectivity index (χ3v) is 10.4. The van der Waals surface area contributed by atoms with Crippen molar-refractivity contribution in [1.29, 1.82) is 5.26 Å². The first kappa shape index (κ1) is 24.5. The Balaban J connectivity index is 1.24. The summed E-state index contributed by atoms with van der Waals surface area (Å²) < 4.78 is 0. The molecule has 8 atom stereocenters. The molecule has 3 heterocycles. The minimum absolute atomic E-state index is 0.0919. The van der Waals surface area contributed by atoms with Crippen LogP contribution in [0.4, 0.5) is 0 Å². The van der Waals surface area contributed by atoms with Crippen molar-refractivity contribution in [3.8, 4) is 6.07 Å². The van der Waals surface area contributed by atoms with E-state index in [1.54, 1.807) is 6.92 Å². The molecule has 190 valence electrons. The van der Waals surface area contributed by atoms with Gasteiger partial charge in [-0.15, -0.1) is 0 Å². The minimum Gasteiger partial charge on any atom is -0.352 e. The van der Waals surface area contributed by atoms with E-state index in [4.69, 9.17) is 0 Å². The lowest BCUT2D eigenvalue weighted by Gasteiger charge is -2.50. The smallest absolute Gasteiger partial charge is 0.217 e. The summed E-state index contributed by atoms with van der Waals surface area (Å²) >= 11 is 0. The highest BCUT2D eigenvalue weighted by Crippen LogP contribution is 2.48. The minimum atomic E-state index is -0.200. The Morgan fingerprint density at radius 2 is 1.68 bits per heavy atom. The molecule has 2 aliphatic carbocycles. The number of hydrogen-bond acceptors (Lipinski definition) is 6. The quantitative estimate of drug-likeness (QED) is 0.432. The number of piperidine rings is 2. The zero-order chi connectivity index (χ0) is 23.9. The first-order valence-electron chi connectivity index (χ1n) is 14.0. The van der Waals surface area contributed by atoms with Crippen LogP contribution in [0.3, 0.4) is 0 Å². The molecule has 1 amide bonds. The Hall–Kier alpha value is -1.20. The van der Waals surface area contributed by atoms with Crippen molar-refractivity contribution in [3.63, 3.8) is 0 Å². The molecule has 0 aromatic carbocycles. The largest absolute Gasteiger partial charge is 0.352 e. The molecule has 5 rings (SSSR count). The van der Waals surface area contributed by atoms with E-state index in [2.05, 4.69) is 46.7 Å². The van der Waals surface area contributed by atoms with Gasteiger partial charge in [-0.05, 0) is 107 Å². The number of nitrogens with zero attached hydrogens (tertiary/aromatic N) is 1. The van der Waals surface area contributed by atoms with E-state index in [-0.39, 0.29) is 17.4 Å². The lowest BCUT2D eigenvalue weighted by Crippen LogP contribution is -2.59. The van der Waals surface area contributed by atoms with Crippen LogP contribution in [0.25, 0.3) is 0 Å². The molecule has 0 aromatic rings. The SMILES string of the molecule is CC(=O)NC1CNCC(C2CCC3NCC4NNC(C5CCC(C(C)(C)C#N)CC5)C4C3C2)C1. The van der Waals surface area contributed by atoms with Crippen LogP contribution in [-0.4, -0.2) is 49.7 Å². The molecule has 5 N–H and O–H groups in total. The van der Waals surface area contributed by atoms with E-state index in [9.17, 15) is 10.1 Å². The second-order valence-electron chi connectivity index (χ2n) is 12.7. The van der Waals surface area contributed by atoms with Crippen molar-refractivity contribution in [2.24, 2.45) is 40.9 Å². The fourth-order valence-corrected chi connectivity index (χ4v) is 8.48. The maximum absolute atomic E-state index is 11.6. The summed E-state index contributed by atoms with van der Waals surface area (Å²) in [5.74, 6) is 4.17. The molecule has 5 fully saturated rings. The topological polar surface area (TPSA) is 101 Å². The molecular weight excluding hydrogens is 424 g/mol. The zero-order valence-electron chi connectivity index (χ0n) is 21.4. The highest BCUT2D eigenvalue weighted by atomic mass is 16.1. The van der Waals surface area contributed by atoms with Crippen molar-refractivity contribution >= 4 is 5.91 Å². The standard InChI is InChI=1S/C27H46N6O/c1-16(34)31-21-10-19(12-29-13-21)18-6-9-23-22(11-18)25-24(14-30-23)32-33-26(25)17-4-7-20(8-5-17)27(2,3)15-28/h17-26,29-30,32-33H,4-14H2,1-3H3,(H,31,34). The highest BCUT2D eigenvalue weighted by molar-refractivity contribution is 5.73.